The van der Waals surface area contributed by atoms with E-state index < -0.39 is 17.8 Å². The molecule has 0 saturated carbocycles. The van der Waals surface area contributed by atoms with E-state index in [4.69, 9.17) is 24.1 Å². The van der Waals surface area contributed by atoms with Gasteiger partial charge in [0.1, 0.15) is 5.60 Å². The number of nitrogens with zero attached hydrogens (tertiary/aromatic N) is 2. The number of aliphatic hydroxyl groups is 1. The van der Waals surface area contributed by atoms with E-state index in [1.54, 1.807) is 28.0 Å². The number of hydrogen-bond acceptors (Lipinski definition) is 8. The molecular weight excluding hydrogens is 530 g/mol. The molecular formula is C30H49N3O8. The van der Waals surface area contributed by atoms with Crippen LogP contribution in [0.3, 0.4) is 0 Å². The predicted molar refractivity (Wildman–Crippen MR) is 155 cm³/mol. The molecule has 2 atom stereocenters. The molecule has 2 rings (SSSR count). The van der Waals surface area contributed by atoms with Gasteiger partial charge in [0.25, 0.3) is 5.91 Å². The van der Waals surface area contributed by atoms with Gasteiger partial charge in [-0.05, 0) is 79.0 Å². The number of piperidine rings is 1. The van der Waals surface area contributed by atoms with Gasteiger partial charge in [-0.2, -0.15) is 0 Å². The Morgan fingerprint density at radius 1 is 1.10 bits per heavy atom. The highest BCUT2D eigenvalue weighted by atomic mass is 16.6. The maximum atomic E-state index is 13.8. The SMILES string of the molecule is COc1ccc(C(=O)N(CC2CC(COC(=O)NC(C)C)CN(C(=O)OC(C)(C)C)C2)C(C)C)cc1OCCCO. The maximum absolute atomic E-state index is 13.8. The number of amides is 3. The van der Waals surface area contributed by atoms with E-state index >= 15 is 0 Å². The molecule has 1 saturated heterocycles. The van der Waals surface area contributed by atoms with Gasteiger partial charge in [-0.25, -0.2) is 9.59 Å². The quantitative estimate of drug-likeness (QED) is 0.351. The number of rotatable bonds is 12. The number of carbonyl (C=O) groups excluding carboxylic acids is 3. The standard InChI is InChI=1S/C30H49N3O8/c1-20(2)31-28(36)40-19-23-14-22(16-32(17-23)29(37)41-30(5,6)7)18-33(21(3)4)27(35)24-10-11-25(38-8)26(15-24)39-13-9-12-34/h10-11,15,20-23,34H,9,12-14,16-19H2,1-8H3,(H,31,36). The van der Waals surface area contributed by atoms with Crippen molar-refractivity contribution in [2.75, 3.05) is 46.6 Å². The lowest BCUT2D eigenvalue weighted by atomic mass is 9.89. The molecule has 1 aliphatic rings. The van der Waals surface area contributed by atoms with Crippen LogP contribution < -0.4 is 14.8 Å². The molecule has 3 amide bonds. The summed E-state index contributed by atoms with van der Waals surface area (Å²) in [5.74, 6) is 0.577. The van der Waals surface area contributed by atoms with Crippen molar-refractivity contribution in [3.05, 3.63) is 23.8 Å². The number of carbonyl (C=O) groups is 3. The van der Waals surface area contributed by atoms with Crippen LogP contribution in [0.4, 0.5) is 9.59 Å². The van der Waals surface area contributed by atoms with Gasteiger partial charge in [-0.15, -0.1) is 0 Å². The highest BCUT2D eigenvalue weighted by Gasteiger charge is 2.35. The predicted octanol–water partition coefficient (Wildman–Crippen LogP) is 4.31. The number of likely N-dealkylation sites (tertiary alicyclic amines) is 1. The lowest BCUT2D eigenvalue weighted by Gasteiger charge is -2.40. The number of methoxy groups -OCH3 is 1. The molecule has 1 aromatic carbocycles. The van der Waals surface area contributed by atoms with Crippen molar-refractivity contribution < 1.29 is 38.4 Å². The van der Waals surface area contributed by atoms with Crippen molar-refractivity contribution in [2.24, 2.45) is 11.8 Å². The minimum Gasteiger partial charge on any atom is -0.493 e. The Morgan fingerprint density at radius 2 is 1.78 bits per heavy atom. The second-order valence-electron chi connectivity index (χ2n) is 12.1. The third-order valence-corrected chi connectivity index (χ3v) is 6.44. The van der Waals surface area contributed by atoms with Crippen LogP contribution in [0, 0.1) is 11.8 Å². The van der Waals surface area contributed by atoms with E-state index in [1.807, 2.05) is 48.5 Å². The van der Waals surface area contributed by atoms with E-state index in [0.717, 1.165) is 0 Å². The van der Waals surface area contributed by atoms with Crippen LogP contribution in [0.2, 0.25) is 0 Å². The molecule has 2 N–H and O–H groups in total. The van der Waals surface area contributed by atoms with Crippen LogP contribution in [0.15, 0.2) is 18.2 Å². The summed E-state index contributed by atoms with van der Waals surface area (Å²) in [4.78, 5) is 42.3. The Morgan fingerprint density at radius 3 is 2.37 bits per heavy atom. The largest absolute Gasteiger partial charge is 0.493 e. The van der Waals surface area contributed by atoms with Gasteiger partial charge in [-0.1, -0.05) is 0 Å². The Labute approximate surface area is 244 Å². The average Bonchev–Trinajstić information content (AvgIpc) is 2.88. The van der Waals surface area contributed by atoms with Gasteiger partial charge in [0.15, 0.2) is 11.5 Å². The van der Waals surface area contributed by atoms with Crippen LogP contribution >= 0.6 is 0 Å². The monoisotopic (exact) mass is 579 g/mol. The molecule has 2 unspecified atom stereocenters. The van der Waals surface area contributed by atoms with Gasteiger partial charge in [0.05, 0.1) is 20.3 Å². The molecule has 1 fully saturated rings. The fourth-order valence-electron chi connectivity index (χ4n) is 4.66. The van der Waals surface area contributed by atoms with Crippen molar-refractivity contribution >= 4 is 18.1 Å². The summed E-state index contributed by atoms with van der Waals surface area (Å²) >= 11 is 0. The Balaban J connectivity index is 2.24. The third-order valence-electron chi connectivity index (χ3n) is 6.44. The molecule has 0 aromatic heterocycles. The number of benzene rings is 1. The van der Waals surface area contributed by atoms with Crippen LogP contribution in [0.1, 0.15) is 71.7 Å². The first-order chi connectivity index (χ1) is 19.2. The fraction of sp³-hybridized carbons (Fsp3) is 0.700. The van der Waals surface area contributed by atoms with Crippen LogP contribution in [-0.2, 0) is 9.47 Å². The second kappa shape index (κ2) is 15.7. The highest BCUT2D eigenvalue weighted by Crippen LogP contribution is 2.30. The minimum atomic E-state index is -0.654. The fourth-order valence-corrected chi connectivity index (χ4v) is 4.66. The summed E-state index contributed by atoms with van der Waals surface area (Å²) in [6.45, 7) is 14.7. The maximum Gasteiger partial charge on any atom is 0.410 e. The molecule has 232 valence electrons. The molecule has 41 heavy (non-hydrogen) atoms. The lowest BCUT2D eigenvalue weighted by Crippen LogP contribution is -2.51. The van der Waals surface area contributed by atoms with Crippen LogP contribution in [-0.4, -0.2) is 97.2 Å². The molecule has 0 radical (unpaired) electrons. The van der Waals surface area contributed by atoms with E-state index in [2.05, 4.69) is 5.32 Å². The molecule has 11 nitrogen and oxygen atoms in total. The number of nitrogens with one attached hydrogen (secondary N) is 1. The van der Waals surface area contributed by atoms with Crippen molar-refractivity contribution in [1.29, 1.82) is 0 Å². The summed E-state index contributed by atoms with van der Waals surface area (Å²) in [6, 6.07) is 4.88. The zero-order valence-electron chi connectivity index (χ0n) is 25.9. The van der Waals surface area contributed by atoms with Crippen molar-refractivity contribution in [2.45, 2.75) is 79.0 Å². The minimum absolute atomic E-state index is 0.00179. The summed E-state index contributed by atoms with van der Waals surface area (Å²) in [5, 5.41) is 11.8. The van der Waals surface area contributed by atoms with E-state index in [0.29, 0.717) is 56.1 Å². The molecule has 0 bridgehead atoms. The average molecular weight is 580 g/mol. The Bertz CT molecular complexity index is 1010. The Kier molecular flexibility index (Phi) is 13.0. The summed E-state index contributed by atoms with van der Waals surface area (Å²) in [7, 11) is 1.53. The first-order valence-corrected chi connectivity index (χ1v) is 14.4. The first-order valence-electron chi connectivity index (χ1n) is 14.4. The second-order valence-corrected chi connectivity index (χ2v) is 12.1. The van der Waals surface area contributed by atoms with Crippen molar-refractivity contribution in [3.63, 3.8) is 0 Å². The summed E-state index contributed by atoms with van der Waals surface area (Å²) in [5.41, 5.74) is -0.207. The van der Waals surface area contributed by atoms with Crippen LogP contribution in [0.25, 0.3) is 0 Å². The van der Waals surface area contributed by atoms with Crippen molar-refractivity contribution in [1.82, 2.24) is 15.1 Å². The zero-order valence-corrected chi connectivity index (χ0v) is 25.9. The molecule has 0 aliphatic carbocycles. The summed E-state index contributed by atoms with van der Waals surface area (Å²) in [6.07, 6.45) is 0.199. The smallest absolute Gasteiger partial charge is 0.410 e. The van der Waals surface area contributed by atoms with Crippen molar-refractivity contribution in [3.8, 4) is 11.5 Å². The van der Waals surface area contributed by atoms with Gasteiger partial charge < -0.3 is 39.2 Å². The topological polar surface area (TPSA) is 127 Å². The normalized spacial score (nSPS) is 17.3. The lowest BCUT2D eigenvalue weighted by molar-refractivity contribution is -0.0000523. The Hall–Kier alpha value is -3.21. The highest BCUT2D eigenvalue weighted by molar-refractivity contribution is 5.95. The molecule has 11 heteroatoms. The molecule has 1 aromatic rings. The van der Waals surface area contributed by atoms with Gasteiger partial charge >= 0.3 is 12.2 Å². The number of ether oxygens (including phenoxy) is 4. The molecule has 1 heterocycles. The molecule has 1 aliphatic heterocycles. The number of alkyl carbamates (subject to hydrolysis) is 1. The van der Waals surface area contributed by atoms with E-state index in [1.165, 1.54) is 7.11 Å². The van der Waals surface area contributed by atoms with E-state index in [9.17, 15) is 14.4 Å². The first kappa shape index (κ1) is 34.0. The number of aliphatic hydroxyl groups excluding tert-OH is 1. The van der Waals surface area contributed by atoms with Gasteiger partial charge in [0, 0.05) is 56.2 Å². The van der Waals surface area contributed by atoms with Crippen LogP contribution in [0.5, 0.6) is 11.5 Å². The third kappa shape index (κ3) is 11.3. The van der Waals surface area contributed by atoms with Gasteiger partial charge in [0.2, 0.25) is 0 Å². The van der Waals surface area contributed by atoms with E-state index in [-0.39, 0.29) is 43.0 Å². The van der Waals surface area contributed by atoms with Gasteiger partial charge in [-0.3, -0.25) is 4.79 Å². The summed E-state index contributed by atoms with van der Waals surface area (Å²) < 4.78 is 22.2. The zero-order chi connectivity index (χ0) is 30.7. The number of hydrogen-bond donors (Lipinski definition) is 2. The molecule has 0 spiro atoms.